The van der Waals surface area contributed by atoms with E-state index in [4.69, 9.17) is 0 Å². The Labute approximate surface area is 163 Å². The maximum Gasteiger partial charge on any atom is 0.325 e. The Balaban J connectivity index is 1.55. The number of aryl methyl sites for hydroxylation is 3. The van der Waals surface area contributed by atoms with Crippen LogP contribution >= 0.6 is 0 Å². The van der Waals surface area contributed by atoms with Crippen LogP contribution in [0.1, 0.15) is 35.6 Å². The fraction of sp³-hybridized carbons (Fsp3) is 0.318. The number of anilines is 1. The minimum Gasteiger partial charge on any atom is -0.324 e. The van der Waals surface area contributed by atoms with Gasteiger partial charge in [-0.1, -0.05) is 49.4 Å². The lowest BCUT2D eigenvalue weighted by Gasteiger charge is -2.22. The molecule has 2 N–H and O–H groups in total. The zero-order chi connectivity index (χ0) is 19.9. The van der Waals surface area contributed by atoms with Crippen molar-refractivity contribution < 1.29 is 14.4 Å². The van der Waals surface area contributed by atoms with Crippen molar-refractivity contribution in [1.29, 1.82) is 0 Å². The summed E-state index contributed by atoms with van der Waals surface area (Å²) in [7, 11) is 0. The number of hydrogen-bond donors (Lipinski definition) is 2. The Kier molecular flexibility index (Phi) is 4.41. The second kappa shape index (κ2) is 6.78. The maximum absolute atomic E-state index is 13.1. The number of fused-ring (bicyclic) bond motifs is 2. The molecule has 1 fully saturated rings. The Morgan fingerprint density at radius 1 is 1.18 bits per heavy atom. The third-order valence-corrected chi connectivity index (χ3v) is 5.73. The molecule has 1 heterocycles. The van der Waals surface area contributed by atoms with Gasteiger partial charge in [0.05, 0.1) is 0 Å². The fourth-order valence-corrected chi connectivity index (χ4v) is 4.26. The van der Waals surface area contributed by atoms with Gasteiger partial charge >= 0.3 is 6.03 Å². The summed E-state index contributed by atoms with van der Waals surface area (Å²) in [6.45, 7) is 3.64. The van der Waals surface area contributed by atoms with Gasteiger partial charge in [-0.05, 0) is 48.4 Å². The van der Waals surface area contributed by atoms with E-state index in [1.54, 1.807) is 0 Å². The number of hydrogen-bond acceptors (Lipinski definition) is 3. The van der Waals surface area contributed by atoms with Crippen LogP contribution < -0.4 is 10.6 Å². The summed E-state index contributed by atoms with van der Waals surface area (Å²) >= 11 is 0. The van der Waals surface area contributed by atoms with Crippen LogP contribution in [0.4, 0.5) is 10.5 Å². The molecule has 2 aliphatic rings. The van der Waals surface area contributed by atoms with E-state index in [2.05, 4.69) is 10.6 Å². The molecule has 1 saturated heterocycles. The van der Waals surface area contributed by atoms with Gasteiger partial charge in [-0.15, -0.1) is 0 Å². The second-order valence-corrected chi connectivity index (χ2v) is 7.39. The molecule has 2 aromatic rings. The zero-order valence-corrected chi connectivity index (χ0v) is 16.0. The average molecular weight is 377 g/mol. The summed E-state index contributed by atoms with van der Waals surface area (Å²) in [5.41, 5.74) is 3.59. The van der Waals surface area contributed by atoms with Crippen molar-refractivity contribution in [2.24, 2.45) is 0 Å². The van der Waals surface area contributed by atoms with Crippen molar-refractivity contribution in [1.82, 2.24) is 10.2 Å². The molecule has 1 spiro atoms. The van der Waals surface area contributed by atoms with Crippen molar-refractivity contribution in [3.05, 3.63) is 64.7 Å². The molecule has 0 saturated carbocycles. The molecule has 6 nitrogen and oxygen atoms in total. The van der Waals surface area contributed by atoms with Gasteiger partial charge < -0.3 is 10.6 Å². The van der Waals surface area contributed by atoms with Crippen molar-refractivity contribution in [2.45, 2.75) is 38.6 Å². The third-order valence-electron chi connectivity index (χ3n) is 5.73. The molecule has 4 rings (SSSR count). The highest BCUT2D eigenvalue weighted by molar-refractivity contribution is 6.11. The normalized spacial score (nSPS) is 20.4. The first kappa shape index (κ1) is 18.2. The zero-order valence-electron chi connectivity index (χ0n) is 16.0. The lowest BCUT2D eigenvalue weighted by molar-refractivity contribution is -0.134. The lowest BCUT2D eigenvalue weighted by atomic mass is 9.92. The van der Waals surface area contributed by atoms with E-state index >= 15 is 0 Å². The summed E-state index contributed by atoms with van der Waals surface area (Å²) in [5, 5.41) is 5.73. The highest BCUT2D eigenvalue weighted by atomic mass is 16.2. The van der Waals surface area contributed by atoms with Gasteiger partial charge in [-0.25, -0.2) is 4.79 Å². The van der Waals surface area contributed by atoms with Crippen LogP contribution in [-0.2, 0) is 28.0 Å². The number of rotatable bonds is 4. The summed E-state index contributed by atoms with van der Waals surface area (Å²) in [5.74, 6) is -0.728. The van der Waals surface area contributed by atoms with Gasteiger partial charge in [-0.2, -0.15) is 0 Å². The molecule has 0 bridgehead atoms. The number of urea groups is 1. The molecule has 4 amide bonds. The van der Waals surface area contributed by atoms with Crippen LogP contribution in [0.3, 0.4) is 0 Å². The molecule has 1 unspecified atom stereocenters. The first-order valence-corrected chi connectivity index (χ1v) is 9.57. The van der Waals surface area contributed by atoms with Gasteiger partial charge in [-0.3, -0.25) is 14.5 Å². The quantitative estimate of drug-likeness (QED) is 0.804. The van der Waals surface area contributed by atoms with Gasteiger partial charge in [0.25, 0.3) is 5.91 Å². The fourth-order valence-electron chi connectivity index (χ4n) is 4.26. The summed E-state index contributed by atoms with van der Waals surface area (Å²) < 4.78 is 0. The highest BCUT2D eigenvalue weighted by Gasteiger charge is 2.55. The van der Waals surface area contributed by atoms with Gasteiger partial charge in [0, 0.05) is 5.69 Å². The van der Waals surface area contributed by atoms with Crippen LogP contribution in [0.25, 0.3) is 0 Å². The predicted molar refractivity (Wildman–Crippen MR) is 106 cm³/mol. The Bertz CT molecular complexity index is 985. The van der Waals surface area contributed by atoms with Crippen LogP contribution in [0.15, 0.2) is 42.5 Å². The predicted octanol–water partition coefficient (Wildman–Crippen LogP) is 2.89. The molecular formula is C22H23N3O3. The van der Waals surface area contributed by atoms with Crippen molar-refractivity contribution >= 4 is 23.5 Å². The number of carbonyl (C=O) groups is 3. The van der Waals surface area contributed by atoms with Crippen LogP contribution in [0, 0.1) is 6.92 Å². The summed E-state index contributed by atoms with van der Waals surface area (Å²) in [6.07, 6.45) is 2.03. The molecule has 1 aliphatic carbocycles. The number of amides is 4. The number of nitrogens with zero attached hydrogens (tertiary/aromatic N) is 1. The van der Waals surface area contributed by atoms with Crippen LogP contribution in [0.2, 0.25) is 0 Å². The molecular weight excluding hydrogens is 354 g/mol. The van der Waals surface area contributed by atoms with E-state index in [0.29, 0.717) is 6.42 Å². The number of para-hydroxylation sites is 1. The molecule has 6 heteroatoms. The molecule has 0 radical (unpaired) electrons. The second-order valence-electron chi connectivity index (χ2n) is 7.39. The topological polar surface area (TPSA) is 78.5 Å². The van der Waals surface area contributed by atoms with Crippen LogP contribution in [-0.4, -0.2) is 29.3 Å². The smallest absolute Gasteiger partial charge is 0.324 e. The van der Waals surface area contributed by atoms with Crippen LogP contribution in [0.5, 0.6) is 0 Å². The standard InChI is InChI=1S/C22H23N3O3/c1-3-15-9-6-7-14(2)19(15)23-18(26)13-25-20(27)22(24-21(25)28)12-11-16-8-4-5-10-17(16)22/h4-10H,3,11-13H2,1-2H3,(H,23,26)(H,24,28). The monoisotopic (exact) mass is 377 g/mol. The van der Waals surface area contributed by atoms with E-state index in [1.165, 1.54) is 0 Å². The summed E-state index contributed by atoms with van der Waals surface area (Å²) in [6, 6.07) is 13.0. The van der Waals surface area contributed by atoms with Crippen molar-refractivity contribution in [2.75, 3.05) is 11.9 Å². The van der Waals surface area contributed by atoms with E-state index in [-0.39, 0.29) is 18.4 Å². The molecule has 28 heavy (non-hydrogen) atoms. The average Bonchev–Trinajstić information content (AvgIpc) is 3.17. The van der Waals surface area contributed by atoms with E-state index in [0.717, 1.165) is 45.7 Å². The Morgan fingerprint density at radius 3 is 2.75 bits per heavy atom. The van der Waals surface area contributed by atoms with Crippen molar-refractivity contribution in [3.8, 4) is 0 Å². The van der Waals surface area contributed by atoms with Gasteiger partial charge in [0.1, 0.15) is 12.1 Å². The molecule has 0 aromatic heterocycles. The number of imide groups is 1. The highest BCUT2D eigenvalue weighted by Crippen LogP contribution is 2.41. The lowest BCUT2D eigenvalue weighted by Crippen LogP contribution is -2.43. The molecule has 144 valence electrons. The first-order chi connectivity index (χ1) is 13.5. The van der Waals surface area contributed by atoms with E-state index in [1.807, 2.05) is 56.3 Å². The molecule has 1 atom stereocenters. The van der Waals surface area contributed by atoms with E-state index in [9.17, 15) is 14.4 Å². The Morgan fingerprint density at radius 2 is 1.96 bits per heavy atom. The maximum atomic E-state index is 13.1. The number of benzene rings is 2. The SMILES string of the molecule is CCc1cccc(C)c1NC(=O)CN1C(=O)NC2(CCc3ccccc32)C1=O. The van der Waals surface area contributed by atoms with Crippen molar-refractivity contribution in [3.63, 3.8) is 0 Å². The minimum atomic E-state index is -1.04. The summed E-state index contributed by atoms with van der Waals surface area (Å²) in [4.78, 5) is 39.4. The molecule has 2 aromatic carbocycles. The third kappa shape index (κ3) is 2.76. The minimum absolute atomic E-state index is 0.300. The Hall–Kier alpha value is -3.15. The number of carbonyl (C=O) groups excluding carboxylic acids is 3. The first-order valence-electron chi connectivity index (χ1n) is 9.57. The number of nitrogens with one attached hydrogen (secondary N) is 2. The largest absolute Gasteiger partial charge is 0.325 e. The van der Waals surface area contributed by atoms with Gasteiger partial charge in [0.2, 0.25) is 5.91 Å². The molecule has 1 aliphatic heterocycles. The van der Waals surface area contributed by atoms with Gasteiger partial charge in [0.15, 0.2) is 0 Å². The van der Waals surface area contributed by atoms with E-state index < -0.39 is 11.6 Å².